The number of anilines is 1. The summed E-state index contributed by atoms with van der Waals surface area (Å²) in [5.41, 5.74) is 7.20. The number of aliphatic hydroxyl groups is 1. The maximum Gasteiger partial charge on any atom is 0.258 e. The molecule has 8 nitrogen and oxygen atoms in total. The standard InChI is InChI=1S/C25H31N3O5S/c1-14(2)13-19(29)25(32)28(24(31)15(3)26)21-22(16-9-11-17(33-4)12-10-16)34-20-8-6-5-7-18(20)27-23(21)30/h5-12,14-15,19,21-22,29H,13,26H2,1-4H3,(H,27,30)/t15-,19-,21-,22+/m0/s1. The number of ether oxygens (including phenoxy) is 1. The number of amides is 3. The third-order valence-electron chi connectivity index (χ3n) is 5.52. The number of methoxy groups -OCH3 is 1. The van der Waals surface area contributed by atoms with Crippen molar-refractivity contribution in [3.8, 4) is 5.75 Å². The maximum absolute atomic E-state index is 13.6. The number of hydrogen-bond acceptors (Lipinski definition) is 7. The van der Waals surface area contributed by atoms with E-state index in [1.54, 1.807) is 43.5 Å². The first-order valence-electron chi connectivity index (χ1n) is 11.1. The second kappa shape index (κ2) is 11.0. The van der Waals surface area contributed by atoms with Crippen LogP contribution in [0.1, 0.15) is 38.0 Å². The molecule has 0 unspecified atom stereocenters. The van der Waals surface area contributed by atoms with Crippen molar-refractivity contribution in [3.63, 3.8) is 0 Å². The van der Waals surface area contributed by atoms with Gasteiger partial charge in [-0.2, -0.15) is 0 Å². The van der Waals surface area contributed by atoms with Gasteiger partial charge in [-0.25, -0.2) is 0 Å². The Morgan fingerprint density at radius 2 is 1.76 bits per heavy atom. The normalized spacial score (nSPS) is 19.4. The predicted molar refractivity (Wildman–Crippen MR) is 131 cm³/mol. The molecular weight excluding hydrogens is 454 g/mol. The number of thioether (sulfide) groups is 1. The average Bonchev–Trinajstić information content (AvgIpc) is 2.95. The van der Waals surface area contributed by atoms with Gasteiger partial charge in [0.1, 0.15) is 17.9 Å². The van der Waals surface area contributed by atoms with Crippen LogP contribution in [0.3, 0.4) is 0 Å². The van der Waals surface area contributed by atoms with Crippen LogP contribution < -0.4 is 15.8 Å². The highest BCUT2D eigenvalue weighted by Crippen LogP contribution is 2.45. The zero-order valence-corrected chi connectivity index (χ0v) is 20.5. The second-order valence-corrected chi connectivity index (χ2v) is 9.91. The molecule has 0 radical (unpaired) electrons. The maximum atomic E-state index is 13.6. The number of rotatable bonds is 7. The fourth-order valence-electron chi connectivity index (χ4n) is 3.82. The number of aliphatic hydroxyl groups excluding tert-OH is 1. The fraction of sp³-hybridized carbons (Fsp3) is 0.400. The Balaban J connectivity index is 2.15. The molecule has 2 aromatic rings. The number of nitrogens with two attached hydrogens (primary N) is 1. The lowest BCUT2D eigenvalue weighted by Crippen LogP contribution is -2.58. The summed E-state index contributed by atoms with van der Waals surface area (Å²) in [6.07, 6.45) is -1.29. The van der Waals surface area contributed by atoms with Gasteiger partial charge in [-0.15, -0.1) is 11.8 Å². The zero-order chi connectivity index (χ0) is 25.0. The van der Waals surface area contributed by atoms with Gasteiger partial charge in [0.15, 0.2) is 0 Å². The molecule has 0 spiro atoms. The van der Waals surface area contributed by atoms with E-state index in [2.05, 4.69) is 5.32 Å². The summed E-state index contributed by atoms with van der Waals surface area (Å²) in [6.45, 7) is 5.18. The van der Waals surface area contributed by atoms with Crippen molar-refractivity contribution >= 4 is 35.2 Å². The number of nitrogens with one attached hydrogen (secondary N) is 1. The first kappa shape index (κ1) is 25.7. The zero-order valence-electron chi connectivity index (χ0n) is 19.7. The SMILES string of the molecule is COc1ccc([C@H]2Sc3ccccc3NC(=O)[C@H]2N(C(=O)[C@H](C)N)C(=O)[C@@H](O)CC(C)C)cc1. The topological polar surface area (TPSA) is 122 Å². The molecule has 0 saturated carbocycles. The number of benzene rings is 2. The van der Waals surface area contributed by atoms with E-state index in [-0.39, 0.29) is 12.3 Å². The van der Waals surface area contributed by atoms with Crippen molar-refractivity contribution in [2.45, 2.75) is 55.5 Å². The summed E-state index contributed by atoms with van der Waals surface area (Å²) in [5, 5.41) is 12.8. The predicted octanol–water partition coefficient (Wildman–Crippen LogP) is 2.96. The lowest BCUT2D eigenvalue weighted by Gasteiger charge is -2.35. The number of carbonyl (C=O) groups is 3. The van der Waals surface area contributed by atoms with Crippen LogP contribution in [0.2, 0.25) is 0 Å². The lowest BCUT2D eigenvalue weighted by atomic mass is 9.99. The summed E-state index contributed by atoms with van der Waals surface area (Å²) in [4.78, 5) is 41.9. The van der Waals surface area contributed by atoms with Crippen molar-refractivity contribution in [2.24, 2.45) is 11.7 Å². The Morgan fingerprint density at radius 1 is 1.12 bits per heavy atom. The summed E-state index contributed by atoms with van der Waals surface area (Å²) < 4.78 is 5.25. The van der Waals surface area contributed by atoms with E-state index in [1.807, 2.05) is 26.0 Å². The number of imide groups is 1. The molecule has 34 heavy (non-hydrogen) atoms. The van der Waals surface area contributed by atoms with Gasteiger partial charge in [0.05, 0.1) is 24.1 Å². The van der Waals surface area contributed by atoms with Gasteiger partial charge >= 0.3 is 0 Å². The van der Waals surface area contributed by atoms with Gasteiger partial charge in [0.2, 0.25) is 11.8 Å². The molecule has 1 heterocycles. The molecule has 1 aliphatic rings. The number of para-hydroxylation sites is 1. The minimum atomic E-state index is -1.44. The molecule has 0 bridgehead atoms. The van der Waals surface area contributed by atoms with Gasteiger partial charge in [-0.05, 0) is 49.1 Å². The van der Waals surface area contributed by atoms with E-state index in [9.17, 15) is 19.5 Å². The lowest BCUT2D eigenvalue weighted by molar-refractivity contribution is -0.157. The summed E-state index contributed by atoms with van der Waals surface area (Å²) in [5.74, 6) is -1.45. The second-order valence-electron chi connectivity index (χ2n) is 8.72. The van der Waals surface area contributed by atoms with E-state index >= 15 is 0 Å². The molecule has 4 N–H and O–H groups in total. The number of fused-ring (bicyclic) bond motifs is 1. The first-order chi connectivity index (χ1) is 16.1. The summed E-state index contributed by atoms with van der Waals surface area (Å²) in [6, 6.07) is 12.1. The number of hydrogen-bond donors (Lipinski definition) is 3. The van der Waals surface area contributed by atoms with Crippen LogP contribution in [-0.2, 0) is 14.4 Å². The van der Waals surface area contributed by atoms with Crippen LogP contribution in [0.15, 0.2) is 53.4 Å². The molecule has 0 aliphatic carbocycles. The Kier molecular flexibility index (Phi) is 8.35. The molecule has 2 aromatic carbocycles. The van der Waals surface area contributed by atoms with E-state index < -0.39 is 41.2 Å². The van der Waals surface area contributed by atoms with Crippen LogP contribution in [-0.4, -0.2) is 53.0 Å². The molecule has 3 amide bonds. The van der Waals surface area contributed by atoms with Crippen LogP contribution >= 0.6 is 11.8 Å². The van der Waals surface area contributed by atoms with Crippen molar-refractivity contribution in [3.05, 3.63) is 54.1 Å². The minimum absolute atomic E-state index is 0.00479. The smallest absolute Gasteiger partial charge is 0.258 e. The first-order valence-corrected chi connectivity index (χ1v) is 12.0. The third-order valence-corrected chi connectivity index (χ3v) is 6.91. The largest absolute Gasteiger partial charge is 0.497 e. The Bertz CT molecular complexity index is 1040. The minimum Gasteiger partial charge on any atom is -0.497 e. The van der Waals surface area contributed by atoms with Crippen molar-refractivity contribution in [1.82, 2.24) is 4.90 Å². The van der Waals surface area contributed by atoms with Crippen molar-refractivity contribution in [2.75, 3.05) is 12.4 Å². The molecular formula is C25H31N3O5S. The van der Waals surface area contributed by atoms with E-state index in [0.29, 0.717) is 11.4 Å². The van der Waals surface area contributed by atoms with E-state index in [4.69, 9.17) is 10.5 Å². The highest BCUT2D eigenvalue weighted by atomic mass is 32.2. The highest BCUT2D eigenvalue weighted by molar-refractivity contribution is 7.99. The van der Waals surface area contributed by atoms with Gasteiger partial charge in [-0.3, -0.25) is 19.3 Å². The van der Waals surface area contributed by atoms with Crippen molar-refractivity contribution < 1.29 is 24.2 Å². The Labute approximate surface area is 203 Å². The van der Waals surface area contributed by atoms with Crippen LogP contribution in [0.25, 0.3) is 0 Å². The average molecular weight is 486 g/mol. The van der Waals surface area contributed by atoms with Crippen LogP contribution in [0.5, 0.6) is 5.75 Å². The van der Waals surface area contributed by atoms with Crippen molar-refractivity contribution in [1.29, 1.82) is 0 Å². The quantitative estimate of drug-likeness (QED) is 0.551. The molecule has 3 rings (SSSR count). The molecule has 182 valence electrons. The summed E-state index contributed by atoms with van der Waals surface area (Å²) in [7, 11) is 1.56. The number of nitrogens with zero attached hydrogens (tertiary/aromatic N) is 1. The van der Waals surface area contributed by atoms with Gasteiger partial charge in [-0.1, -0.05) is 38.1 Å². The van der Waals surface area contributed by atoms with Crippen LogP contribution in [0.4, 0.5) is 5.69 Å². The Morgan fingerprint density at radius 3 is 2.35 bits per heavy atom. The molecule has 9 heteroatoms. The monoisotopic (exact) mass is 485 g/mol. The van der Waals surface area contributed by atoms with Gasteiger partial charge in [0, 0.05) is 4.90 Å². The van der Waals surface area contributed by atoms with Gasteiger partial charge in [0.25, 0.3) is 5.91 Å². The Hall–Kier alpha value is -2.88. The highest BCUT2D eigenvalue weighted by Gasteiger charge is 2.45. The molecule has 0 saturated heterocycles. The molecule has 0 fully saturated rings. The van der Waals surface area contributed by atoms with E-state index in [1.165, 1.54) is 18.7 Å². The summed E-state index contributed by atoms with van der Waals surface area (Å²) >= 11 is 1.36. The molecule has 4 atom stereocenters. The molecule has 0 aromatic heterocycles. The number of carbonyl (C=O) groups excluding carboxylic acids is 3. The van der Waals surface area contributed by atoms with E-state index in [0.717, 1.165) is 15.4 Å². The third kappa shape index (κ3) is 5.60. The van der Waals surface area contributed by atoms with Crippen LogP contribution in [0, 0.1) is 5.92 Å². The molecule has 1 aliphatic heterocycles. The fourth-order valence-corrected chi connectivity index (χ4v) is 5.17. The van der Waals surface area contributed by atoms with Gasteiger partial charge < -0.3 is 20.9 Å².